The number of benzene rings is 3. The van der Waals surface area contributed by atoms with Crippen molar-refractivity contribution in [2.75, 3.05) is 6.61 Å². The highest BCUT2D eigenvalue weighted by Crippen LogP contribution is 2.31. The Labute approximate surface area is 152 Å². The predicted molar refractivity (Wildman–Crippen MR) is 106 cm³/mol. The second-order valence-electron chi connectivity index (χ2n) is 6.57. The second-order valence-corrected chi connectivity index (χ2v) is 8.74. The van der Waals surface area contributed by atoms with Crippen LogP contribution in [0.3, 0.4) is 0 Å². The molecule has 1 saturated heterocycles. The second kappa shape index (κ2) is 7.81. The van der Waals surface area contributed by atoms with E-state index in [1.165, 1.54) is 40.8 Å². The Bertz CT molecular complexity index is 755. The Kier molecular flexibility index (Phi) is 5.10. The highest BCUT2D eigenvalue weighted by atomic mass is 28.3. The molecule has 1 radical (unpaired) electrons. The standard InChI is InChI=1S/C23H23OSi/c1-3-11-19(12-4-1)23(20-13-5-2-6-14-20)21-15-7-8-16-22(21)25-18-10-9-17-24-25/h1-8,11-16,23H,9-10,17-18H2. The third kappa shape index (κ3) is 3.60. The summed E-state index contributed by atoms with van der Waals surface area (Å²) >= 11 is 0. The van der Waals surface area contributed by atoms with E-state index in [9.17, 15) is 0 Å². The number of hydrogen-bond donors (Lipinski definition) is 0. The molecule has 1 nitrogen and oxygen atoms in total. The van der Waals surface area contributed by atoms with Crippen molar-refractivity contribution in [1.82, 2.24) is 0 Å². The van der Waals surface area contributed by atoms with Crippen molar-refractivity contribution in [2.24, 2.45) is 0 Å². The lowest BCUT2D eigenvalue weighted by atomic mass is 9.85. The fourth-order valence-electron chi connectivity index (χ4n) is 3.71. The van der Waals surface area contributed by atoms with E-state index in [4.69, 9.17) is 4.43 Å². The molecule has 25 heavy (non-hydrogen) atoms. The maximum atomic E-state index is 6.23. The van der Waals surface area contributed by atoms with Crippen LogP contribution in [0.1, 0.15) is 35.4 Å². The summed E-state index contributed by atoms with van der Waals surface area (Å²) in [5.41, 5.74) is 4.11. The Morgan fingerprint density at radius 1 is 0.680 bits per heavy atom. The molecule has 0 aromatic heterocycles. The van der Waals surface area contributed by atoms with E-state index in [1.54, 1.807) is 0 Å². The lowest BCUT2D eigenvalue weighted by Gasteiger charge is -2.27. The molecule has 1 aliphatic heterocycles. The van der Waals surface area contributed by atoms with Crippen LogP contribution < -0.4 is 5.19 Å². The van der Waals surface area contributed by atoms with Gasteiger partial charge in [-0.05, 0) is 34.3 Å². The molecule has 2 heteroatoms. The minimum atomic E-state index is -0.914. The summed E-state index contributed by atoms with van der Waals surface area (Å²) in [6.07, 6.45) is 2.50. The molecule has 1 fully saturated rings. The van der Waals surface area contributed by atoms with Crippen molar-refractivity contribution in [3.63, 3.8) is 0 Å². The zero-order chi connectivity index (χ0) is 16.9. The molecule has 3 aromatic carbocycles. The van der Waals surface area contributed by atoms with Crippen molar-refractivity contribution in [2.45, 2.75) is 24.8 Å². The van der Waals surface area contributed by atoms with Crippen LogP contribution in [-0.2, 0) is 4.43 Å². The van der Waals surface area contributed by atoms with Crippen molar-refractivity contribution in [3.05, 3.63) is 102 Å². The van der Waals surface area contributed by atoms with Crippen LogP contribution >= 0.6 is 0 Å². The normalized spacial score (nSPS) is 15.4. The Morgan fingerprint density at radius 3 is 1.88 bits per heavy atom. The van der Waals surface area contributed by atoms with Gasteiger partial charge in [-0.25, -0.2) is 0 Å². The summed E-state index contributed by atoms with van der Waals surface area (Å²) in [5.74, 6) is 0.265. The van der Waals surface area contributed by atoms with Gasteiger partial charge < -0.3 is 4.43 Å². The molecule has 0 atom stereocenters. The van der Waals surface area contributed by atoms with E-state index in [2.05, 4.69) is 84.9 Å². The molecule has 0 amide bonds. The van der Waals surface area contributed by atoms with Crippen LogP contribution in [0.5, 0.6) is 0 Å². The average molecular weight is 344 g/mol. The third-order valence-electron chi connectivity index (χ3n) is 4.91. The first-order chi connectivity index (χ1) is 12.4. The summed E-state index contributed by atoms with van der Waals surface area (Å²) in [6.45, 7) is 0.921. The van der Waals surface area contributed by atoms with Gasteiger partial charge >= 0.3 is 0 Å². The molecule has 1 heterocycles. The highest BCUT2D eigenvalue weighted by molar-refractivity contribution is 6.68. The molecule has 1 aliphatic rings. The van der Waals surface area contributed by atoms with Gasteiger partial charge in [-0.3, -0.25) is 0 Å². The molecule has 0 unspecified atom stereocenters. The van der Waals surface area contributed by atoms with Gasteiger partial charge in [0.15, 0.2) is 0 Å². The summed E-state index contributed by atoms with van der Waals surface area (Å²) in [5, 5.41) is 1.45. The molecule has 4 rings (SSSR count). The Balaban J connectivity index is 1.83. The lowest BCUT2D eigenvalue weighted by molar-refractivity contribution is 0.294. The Hall–Kier alpha value is -2.16. The molecule has 0 spiro atoms. The van der Waals surface area contributed by atoms with Gasteiger partial charge in [-0.2, -0.15) is 0 Å². The van der Waals surface area contributed by atoms with Crippen LogP contribution in [0.15, 0.2) is 84.9 Å². The van der Waals surface area contributed by atoms with Gasteiger partial charge in [0, 0.05) is 12.5 Å². The van der Waals surface area contributed by atoms with Crippen LogP contribution in [0, 0.1) is 0 Å². The molecule has 0 saturated carbocycles. The van der Waals surface area contributed by atoms with E-state index in [-0.39, 0.29) is 5.92 Å². The summed E-state index contributed by atoms with van der Waals surface area (Å²) in [4.78, 5) is 0. The first-order valence-electron chi connectivity index (χ1n) is 9.11. The van der Waals surface area contributed by atoms with Crippen molar-refractivity contribution in [3.8, 4) is 0 Å². The topological polar surface area (TPSA) is 9.23 Å². The van der Waals surface area contributed by atoms with Gasteiger partial charge in [0.2, 0.25) is 9.04 Å². The van der Waals surface area contributed by atoms with E-state index < -0.39 is 9.04 Å². The summed E-state index contributed by atoms with van der Waals surface area (Å²) in [7, 11) is -0.914. The zero-order valence-electron chi connectivity index (χ0n) is 14.4. The van der Waals surface area contributed by atoms with Crippen LogP contribution in [0.4, 0.5) is 0 Å². The van der Waals surface area contributed by atoms with E-state index >= 15 is 0 Å². The van der Waals surface area contributed by atoms with Crippen LogP contribution in [0.2, 0.25) is 6.04 Å². The van der Waals surface area contributed by atoms with Gasteiger partial charge in [-0.1, -0.05) is 91.3 Å². The quantitative estimate of drug-likeness (QED) is 0.485. The van der Waals surface area contributed by atoms with Gasteiger partial charge in [0.1, 0.15) is 0 Å². The average Bonchev–Trinajstić information content (AvgIpc) is 2.71. The first-order valence-corrected chi connectivity index (χ1v) is 10.7. The minimum Gasteiger partial charge on any atom is -0.412 e. The van der Waals surface area contributed by atoms with E-state index in [1.807, 2.05) is 0 Å². The largest absolute Gasteiger partial charge is 0.412 e. The van der Waals surface area contributed by atoms with Crippen LogP contribution in [0.25, 0.3) is 0 Å². The fourth-order valence-corrected chi connectivity index (χ4v) is 6.08. The fraction of sp³-hybridized carbons (Fsp3) is 0.217. The molecule has 0 bridgehead atoms. The van der Waals surface area contributed by atoms with Gasteiger partial charge in [0.25, 0.3) is 0 Å². The molecule has 0 N–H and O–H groups in total. The van der Waals surface area contributed by atoms with Crippen molar-refractivity contribution >= 4 is 14.2 Å². The molecule has 125 valence electrons. The highest BCUT2D eigenvalue weighted by Gasteiger charge is 2.26. The summed E-state index contributed by atoms with van der Waals surface area (Å²) < 4.78 is 6.23. The number of rotatable bonds is 4. The van der Waals surface area contributed by atoms with Crippen molar-refractivity contribution in [1.29, 1.82) is 0 Å². The Morgan fingerprint density at radius 2 is 1.28 bits per heavy atom. The smallest absolute Gasteiger partial charge is 0.247 e. The molecule has 0 aliphatic carbocycles. The van der Waals surface area contributed by atoms with E-state index in [0.717, 1.165) is 6.61 Å². The van der Waals surface area contributed by atoms with Crippen LogP contribution in [-0.4, -0.2) is 15.6 Å². The van der Waals surface area contributed by atoms with Gasteiger partial charge in [-0.15, -0.1) is 0 Å². The maximum absolute atomic E-state index is 6.23. The molecular weight excluding hydrogens is 320 g/mol. The number of hydrogen-bond acceptors (Lipinski definition) is 1. The van der Waals surface area contributed by atoms with Gasteiger partial charge in [0.05, 0.1) is 0 Å². The molecular formula is C23H23OSi. The summed E-state index contributed by atoms with van der Waals surface area (Å²) in [6, 6.07) is 31.9. The minimum absolute atomic E-state index is 0.265. The maximum Gasteiger partial charge on any atom is 0.247 e. The van der Waals surface area contributed by atoms with E-state index in [0.29, 0.717) is 0 Å². The first kappa shape index (κ1) is 16.3. The molecule has 3 aromatic rings. The SMILES string of the molecule is c1ccc(C(c2ccccc2)c2ccccc2[Si]2CCCCO2)cc1. The lowest BCUT2D eigenvalue weighted by Crippen LogP contribution is -2.39. The monoisotopic (exact) mass is 343 g/mol. The zero-order valence-corrected chi connectivity index (χ0v) is 15.4. The third-order valence-corrected chi connectivity index (χ3v) is 7.33. The predicted octanol–water partition coefficient (Wildman–Crippen LogP) is 4.88. The van der Waals surface area contributed by atoms with Crippen molar-refractivity contribution < 1.29 is 4.43 Å².